The van der Waals surface area contributed by atoms with E-state index in [0.29, 0.717) is 48.3 Å². The van der Waals surface area contributed by atoms with Crippen molar-refractivity contribution in [1.29, 1.82) is 0 Å². The molecule has 3 aromatic carbocycles. The first-order valence-corrected chi connectivity index (χ1v) is 14.4. The molecule has 0 amide bonds. The summed E-state index contributed by atoms with van der Waals surface area (Å²) in [7, 11) is -4.84. The molecule has 3 aromatic rings. The third kappa shape index (κ3) is 5.44. The Morgan fingerprint density at radius 2 is 1.36 bits per heavy atom. The summed E-state index contributed by atoms with van der Waals surface area (Å²) in [6.45, 7) is 2.19. The highest BCUT2D eigenvalue weighted by atomic mass is 35.5. The fourth-order valence-electron chi connectivity index (χ4n) is 3.97. The van der Waals surface area contributed by atoms with E-state index in [0.717, 1.165) is 4.31 Å². The van der Waals surface area contributed by atoms with Crippen molar-refractivity contribution in [1.82, 2.24) is 4.31 Å². The lowest BCUT2D eigenvalue weighted by Gasteiger charge is -2.38. The Kier molecular flexibility index (Phi) is 7.46. The Morgan fingerprint density at radius 1 is 0.806 bits per heavy atom. The number of hydrogen-bond acceptors (Lipinski definition) is 6. The second kappa shape index (κ2) is 10.3. The zero-order valence-electron chi connectivity index (χ0n) is 19.7. The molecule has 0 saturated carbocycles. The van der Waals surface area contributed by atoms with Gasteiger partial charge in [0.25, 0.3) is 10.0 Å². The van der Waals surface area contributed by atoms with Crippen molar-refractivity contribution in [2.45, 2.75) is 9.79 Å². The highest BCUT2D eigenvalue weighted by Gasteiger charge is 2.24. The van der Waals surface area contributed by atoms with E-state index in [2.05, 4.69) is 4.72 Å². The van der Waals surface area contributed by atoms with Gasteiger partial charge in [0, 0.05) is 45.3 Å². The third-order valence-electron chi connectivity index (χ3n) is 5.93. The lowest BCUT2D eigenvalue weighted by atomic mass is 10.2. The smallest absolute Gasteiger partial charge is 0.261 e. The van der Waals surface area contributed by atoms with Crippen molar-refractivity contribution in [2.24, 2.45) is 0 Å². The van der Waals surface area contributed by atoms with Crippen LogP contribution in [-0.4, -0.2) is 61.4 Å². The fourth-order valence-corrected chi connectivity index (χ4v) is 6.10. The second-order valence-corrected chi connectivity index (χ2v) is 12.7. The summed E-state index contributed by atoms with van der Waals surface area (Å²) in [4.78, 5) is 3.91. The zero-order chi connectivity index (χ0) is 26.1. The van der Waals surface area contributed by atoms with Gasteiger partial charge in [-0.25, -0.2) is 25.5 Å². The van der Waals surface area contributed by atoms with Gasteiger partial charge in [-0.15, -0.1) is 0 Å². The molecule has 0 spiro atoms. The summed E-state index contributed by atoms with van der Waals surface area (Å²) < 4.78 is 68.7. The molecule has 1 saturated heterocycles. The van der Waals surface area contributed by atoms with E-state index in [1.54, 1.807) is 24.3 Å². The predicted molar refractivity (Wildman–Crippen MR) is 140 cm³/mol. The van der Waals surface area contributed by atoms with E-state index >= 15 is 0 Å². The molecule has 1 aliphatic heterocycles. The molecule has 12 heteroatoms. The number of hydrogen-bond donors (Lipinski definition) is 1. The van der Waals surface area contributed by atoms with Crippen LogP contribution >= 0.6 is 11.6 Å². The molecule has 1 heterocycles. The molecule has 36 heavy (non-hydrogen) atoms. The molecule has 1 aliphatic rings. The number of piperazine rings is 1. The maximum atomic E-state index is 14.3. The van der Waals surface area contributed by atoms with E-state index in [1.807, 2.05) is 21.9 Å². The molecule has 0 bridgehead atoms. The fraction of sp³-hybridized carbons (Fsp3) is 0.250. The topological polar surface area (TPSA) is 90.0 Å². The third-order valence-corrected chi connectivity index (χ3v) is 9.38. The Hall–Kier alpha value is -2.86. The van der Waals surface area contributed by atoms with Gasteiger partial charge in [0.1, 0.15) is 5.82 Å². The van der Waals surface area contributed by atoms with E-state index in [1.165, 1.54) is 44.4 Å². The molecule has 0 atom stereocenters. The molecule has 0 radical (unpaired) electrons. The summed E-state index contributed by atoms with van der Waals surface area (Å²) in [5.41, 5.74) is 1.57. The first-order valence-electron chi connectivity index (χ1n) is 11.1. The van der Waals surface area contributed by atoms with Crippen LogP contribution in [0.3, 0.4) is 0 Å². The number of nitrogens with zero attached hydrogens (tertiary/aromatic N) is 3. The van der Waals surface area contributed by atoms with Crippen molar-refractivity contribution in [3.63, 3.8) is 0 Å². The minimum Gasteiger partial charge on any atom is -0.366 e. The maximum Gasteiger partial charge on any atom is 0.261 e. The minimum atomic E-state index is -3.98. The van der Waals surface area contributed by atoms with Crippen LogP contribution in [0.4, 0.5) is 21.5 Å². The van der Waals surface area contributed by atoms with Gasteiger partial charge < -0.3 is 9.80 Å². The first kappa shape index (κ1) is 26.2. The summed E-state index contributed by atoms with van der Waals surface area (Å²) in [6, 6.07) is 16.7. The number of nitrogens with one attached hydrogen (secondary N) is 1. The molecular formula is C24H26ClFN4O4S2. The maximum absolute atomic E-state index is 14.3. The van der Waals surface area contributed by atoms with Gasteiger partial charge in [0.05, 0.1) is 26.9 Å². The highest BCUT2D eigenvalue weighted by Crippen LogP contribution is 2.31. The van der Waals surface area contributed by atoms with Gasteiger partial charge in [0.2, 0.25) is 10.0 Å². The van der Waals surface area contributed by atoms with Crippen LogP contribution in [0.2, 0.25) is 5.02 Å². The Labute approximate surface area is 216 Å². The van der Waals surface area contributed by atoms with Crippen molar-refractivity contribution in [2.75, 3.05) is 54.8 Å². The minimum absolute atomic E-state index is 0.00171. The number of para-hydroxylation sites is 2. The molecule has 4 rings (SSSR count). The van der Waals surface area contributed by atoms with Gasteiger partial charge in [-0.05, 0) is 54.6 Å². The van der Waals surface area contributed by atoms with Crippen LogP contribution in [0.5, 0.6) is 0 Å². The predicted octanol–water partition coefficient (Wildman–Crippen LogP) is 3.86. The van der Waals surface area contributed by atoms with Crippen LogP contribution < -0.4 is 14.5 Å². The quantitative estimate of drug-likeness (QED) is 0.479. The molecular weight excluding hydrogens is 527 g/mol. The molecule has 0 aliphatic carbocycles. The average molecular weight is 553 g/mol. The molecule has 192 valence electrons. The summed E-state index contributed by atoms with van der Waals surface area (Å²) in [5.74, 6) is -0.381. The van der Waals surface area contributed by atoms with Crippen molar-refractivity contribution >= 4 is 48.7 Å². The Balaban J connectivity index is 1.51. The zero-order valence-corrected chi connectivity index (χ0v) is 22.1. The molecule has 0 aromatic heterocycles. The lowest BCUT2D eigenvalue weighted by molar-refractivity contribution is 0.520. The first-order chi connectivity index (χ1) is 17.0. The monoisotopic (exact) mass is 552 g/mol. The number of halogens is 2. The van der Waals surface area contributed by atoms with Crippen LogP contribution in [0.15, 0.2) is 76.5 Å². The number of anilines is 3. The van der Waals surface area contributed by atoms with Gasteiger partial charge in [-0.1, -0.05) is 23.7 Å². The number of sulfonamides is 2. The standard InChI is InChI=1S/C24H26ClFN4O4S2/c1-28(2)36(33,34)20-10-8-19(9-11-20)35(31,32)27-22-5-3-4-6-24(22)30-15-13-29(14-16-30)23-12-7-18(25)17-21(23)26/h3-12,17,27H,13-16H2,1-2H3. The van der Waals surface area contributed by atoms with Gasteiger partial charge in [-0.3, -0.25) is 4.72 Å². The van der Waals surface area contributed by atoms with Crippen LogP contribution in [0.25, 0.3) is 0 Å². The van der Waals surface area contributed by atoms with Crippen LogP contribution in [-0.2, 0) is 20.0 Å². The van der Waals surface area contributed by atoms with Crippen molar-refractivity contribution in [3.8, 4) is 0 Å². The number of rotatable bonds is 7. The summed E-state index contributed by atoms with van der Waals surface area (Å²) in [5, 5.41) is 0.338. The second-order valence-electron chi connectivity index (χ2n) is 8.45. The van der Waals surface area contributed by atoms with Crippen molar-refractivity contribution < 1.29 is 21.2 Å². The molecule has 1 N–H and O–H groups in total. The molecule has 8 nitrogen and oxygen atoms in total. The normalized spacial score (nSPS) is 14.8. The van der Waals surface area contributed by atoms with E-state index in [4.69, 9.17) is 11.6 Å². The summed E-state index contributed by atoms with van der Waals surface area (Å²) >= 11 is 5.86. The highest BCUT2D eigenvalue weighted by molar-refractivity contribution is 7.92. The van der Waals surface area contributed by atoms with Crippen LogP contribution in [0, 0.1) is 5.82 Å². The molecule has 0 unspecified atom stereocenters. The van der Waals surface area contributed by atoms with E-state index in [9.17, 15) is 21.2 Å². The van der Waals surface area contributed by atoms with E-state index in [-0.39, 0.29) is 15.6 Å². The van der Waals surface area contributed by atoms with Gasteiger partial charge >= 0.3 is 0 Å². The summed E-state index contributed by atoms with van der Waals surface area (Å²) in [6.07, 6.45) is 0. The Bertz CT molecular complexity index is 1460. The van der Waals surface area contributed by atoms with Crippen molar-refractivity contribution in [3.05, 3.63) is 77.6 Å². The average Bonchev–Trinajstić information content (AvgIpc) is 2.84. The SMILES string of the molecule is CN(C)S(=O)(=O)c1ccc(S(=O)(=O)Nc2ccccc2N2CCN(c3ccc(Cl)cc3F)CC2)cc1. The van der Waals surface area contributed by atoms with Gasteiger partial charge in [-0.2, -0.15) is 0 Å². The van der Waals surface area contributed by atoms with E-state index < -0.39 is 20.0 Å². The molecule has 1 fully saturated rings. The lowest BCUT2D eigenvalue weighted by Crippen LogP contribution is -2.47. The van der Waals surface area contributed by atoms with Gasteiger partial charge in [0.15, 0.2) is 0 Å². The Morgan fingerprint density at radius 3 is 1.94 bits per heavy atom. The number of benzene rings is 3. The largest absolute Gasteiger partial charge is 0.366 e. The van der Waals surface area contributed by atoms with Crippen LogP contribution in [0.1, 0.15) is 0 Å².